The van der Waals surface area contributed by atoms with E-state index in [0.29, 0.717) is 39.5 Å². The summed E-state index contributed by atoms with van der Waals surface area (Å²) in [7, 11) is 3.09. The van der Waals surface area contributed by atoms with Gasteiger partial charge in [-0.2, -0.15) is 0 Å². The highest BCUT2D eigenvalue weighted by Crippen LogP contribution is 2.31. The minimum Gasteiger partial charge on any atom is -0.493 e. The number of nitrogens with one attached hydrogen (secondary N) is 1. The van der Waals surface area contributed by atoms with Crippen LogP contribution in [0.3, 0.4) is 0 Å². The van der Waals surface area contributed by atoms with Crippen molar-refractivity contribution in [2.45, 2.75) is 6.92 Å². The molecule has 25 heavy (non-hydrogen) atoms. The van der Waals surface area contributed by atoms with Gasteiger partial charge in [0.15, 0.2) is 11.5 Å². The van der Waals surface area contributed by atoms with Gasteiger partial charge in [-0.25, -0.2) is 4.98 Å². The van der Waals surface area contributed by atoms with Gasteiger partial charge in [0.05, 0.1) is 25.1 Å². The van der Waals surface area contributed by atoms with Crippen molar-refractivity contribution in [3.63, 3.8) is 0 Å². The Morgan fingerprint density at radius 3 is 2.48 bits per heavy atom. The number of ether oxygens (including phenoxy) is 3. The standard InChI is InChI=1S/C18H16N2O5/c1-10(21)25-12-5-6-14-13(9-12)18(22)20-17(19-14)11-4-7-15(23-2)16(8-11)24-3/h4-9H,1-3H3,(H,19,20,22). The lowest BCUT2D eigenvalue weighted by atomic mass is 10.1. The van der Waals surface area contributed by atoms with Gasteiger partial charge >= 0.3 is 5.97 Å². The van der Waals surface area contributed by atoms with E-state index < -0.39 is 5.97 Å². The first-order valence-corrected chi connectivity index (χ1v) is 7.46. The maximum Gasteiger partial charge on any atom is 0.308 e. The van der Waals surface area contributed by atoms with E-state index in [4.69, 9.17) is 14.2 Å². The van der Waals surface area contributed by atoms with E-state index in [0.717, 1.165) is 0 Å². The molecule has 0 amide bonds. The van der Waals surface area contributed by atoms with Gasteiger partial charge in [-0.3, -0.25) is 9.59 Å². The van der Waals surface area contributed by atoms with E-state index in [9.17, 15) is 9.59 Å². The van der Waals surface area contributed by atoms with Crippen LogP contribution in [-0.2, 0) is 4.79 Å². The Labute approximate surface area is 143 Å². The Morgan fingerprint density at radius 1 is 1.04 bits per heavy atom. The fourth-order valence-electron chi connectivity index (χ4n) is 2.47. The van der Waals surface area contributed by atoms with Gasteiger partial charge in [0.25, 0.3) is 5.56 Å². The molecule has 7 nitrogen and oxygen atoms in total. The van der Waals surface area contributed by atoms with Crippen LogP contribution in [0, 0.1) is 0 Å². The minimum absolute atomic E-state index is 0.297. The van der Waals surface area contributed by atoms with E-state index in [2.05, 4.69) is 9.97 Å². The van der Waals surface area contributed by atoms with E-state index in [1.54, 1.807) is 37.4 Å². The number of carbonyl (C=O) groups excluding carboxylic acids is 1. The monoisotopic (exact) mass is 340 g/mol. The van der Waals surface area contributed by atoms with Gasteiger partial charge in [0.2, 0.25) is 0 Å². The van der Waals surface area contributed by atoms with Crippen LogP contribution in [0.2, 0.25) is 0 Å². The lowest BCUT2D eigenvalue weighted by molar-refractivity contribution is -0.131. The zero-order chi connectivity index (χ0) is 18.0. The smallest absolute Gasteiger partial charge is 0.308 e. The second kappa shape index (κ2) is 6.64. The van der Waals surface area contributed by atoms with Gasteiger partial charge < -0.3 is 19.2 Å². The fraction of sp³-hybridized carbons (Fsp3) is 0.167. The summed E-state index contributed by atoms with van der Waals surface area (Å²) < 4.78 is 15.5. The zero-order valence-electron chi connectivity index (χ0n) is 14.0. The SMILES string of the molecule is COc1ccc(-c2nc3ccc(OC(C)=O)cc3c(=O)[nH]2)cc1OC. The Morgan fingerprint density at radius 2 is 1.80 bits per heavy atom. The van der Waals surface area contributed by atoms with Crippen molar-refractivity contribution in [3.8, 4) is 28.6 Å². The molecule has 0 fully saturated rings. The van der Waals surface area contributed by atoms with Crippen LogP contribution < -0.4 is 19.8 Å². The van der Waals surface area contributed by atoms with Crippen LogP contribution >= 0.6 is 0 Å². The highest BCUT2D eigenvalue weighted by Gasteiger charge is 2.11. The third kappa shape index (κ3) is 3.30. The van der Waals surface area contributed by atoms with Crippen molar-refractivity contribution in [3.05, 3.63) is 46.8 Å². The number of methoxy groups -OCH3 is 2. The van der Waals surface area contributed by atoms with E-state index in [1.807, 2.05) is 0 Å². The average molecular weight is 340 g/mol. The predicted molar refractivity (Wildman–Crippen MR) is 92.2 cm³/mol. The third-order valence-electron chi connectivity index (χ3n) is 3.60. The first-order chi connectivity index (χ1) is 12.0. The molecular weight excluding hydrogens is 324 g/mol. The van der Waals surface area contributed by atoms with Crippen molar-refractivity contribution < 1.29 is 19.0 Å². The largest absolute Gasteiger partial charge is 0.493 e. The molecule has 2 aromatic carbocycles. The summed E-state index contributed by atoms with van der Waals surface area (Å²) in [6.07, 6.45) is 0. The van der Waals surface area contributed by atoms with Crippen LogP contribution in [0.4, 0.5) is 0 Å². The molecule has 0 aliphatic carbocycles. The molecule has 0 aliphatic rings. The first-order valence-electron chi connectivity index (χ1n) is 7.46. The van der Waals surface area contributed by atoms with Crippen LogP contribution in [0.1, 0.15) is 6.92 Å². The Hall–Kier alpha value is -3.35. The molecule has 0 radical (unpaired) electrons. The molecule has 1 N–H and O–H groups in total. The Balaban J connectivity index is 2.09. The average Bonchev–Trinajstić information content (AvgIpc) is 2.61. The van der Waals surface area contributed by atoms with Crippen molar-refractivity contribution in [2.75, 3.05) is 14.2 Å². The maximum absolute atomic E-state index is 12.4. The van der Waals surface area contributed by atoms with Crippen LogP contribution in [0.15, 0.2) is 41.2 Å². The first kappa shape index (κ1) is 16.5. The highest BCUT2D eigenvalue weighted by atomic mass is 16.5. The minimum atomic E-state index is -0.453. The number of carbonyl (C=O) groups is 1. The topological polar surface area (TPSA) is 90.5 Å². The lowest BCUT2D eigenvalue weighted by Crippen LogP contribution is -2.10. The van der Waals surface area contributed by atoms with Crippen LogP contribution in [0.25, 0.3) is 22.3 Å². The summed E-state index contributed by atoms with van der Waals surface area (Å²) in [6.45, 7) is 1.30. The number of benzene rings is 2. The summed E-state index contributed by atoms with van der Waals surface area (Å²) in [4.78, 5) is 30.6. The number of hydrogen-bond acceptors (Lipinski definition) is 6. The number of H-pyrrole nitrogens is 1. The van der Waals surface area contributed by atoms with Gasteiger partial charge in [0.1, 0.15) is 11.6 Å². The molecule has 7 heteroatoms. The number of nitrogens with zero attached hydrogens (tertiary/aromatic N) is 1. The highest BCUT2D eigenvalue weighted by molar-refractivity contribution is 5.82. The molecule has 0 aliphatic heterocycles. The summed E-state index contributed by atoms with van der Waals surface area (Å²) in [5.74, 6) is 1.36. The Bertz CT molecular complexity index is 1010. The molecule has 0 saturated heterocycles. The number of fused-ring (bicyclic) bond motifs is 1. The number of hydrogen-bond donors (Lipinski definition) is 1. The molecule has 1 heterocycles. The van der Waals surface area contributed by atoms with E-state index in [-0.39, 0.29) is 5.56 Å². The Kier molecular flexibility index (Phi) is 4.38. The van der Waals surface area contributed by atoms with Gasteiger partial charge in [-0.05, 0) is 36.4 Å². The van der Waals surface area contributed by atoms with Crippen molar-refractivity contribution in [1.82, 2.24) is 9.97 Å². The normalized spacial score (nSPS) is 10.5. The van der Waals surface area contributed by atoms with E-state index in [1.165, 1.54) is 20.1 Å². The number of aromatic nitrogens is 2. The van der Waals surface area contributed by atoms with Gasteiger partial charge in [-0.1, -0.05) is 0 Å². The molecule has 0 atom stereocenters. The summed E-state index contributed by atoms with van der Waals surface area (Å²) >= 11 is 0. The van der Waals surface area contributed by atoms with Crippen molar-refractivity contribution in [2.24, 2.45) is 0 Å². The molecular formula is C18H16N2O5. The molecule has 0 unspecified atom stereocenters. The maximum atomic E-state index is 12.4. The molecule has 0 saturated carbocycles. The summed E-state index contributed by atoms with van der Waals surface area (Å²) in [5, 5.41) is 0.336. The molecule has 1 aromatic heterocycles. The molecule has 0 bridgehead atoms. The second-order valence-electron chi connectivity index (χ2n) is 5.26. The summed E-state index contributed by atoms with van der Waals surface area (Å²) in [5.41, 5.74) is 0.842. The zero-order valence-corrected chi connectivity index (χ0v) is 14.0. The number of rotatable bonds is 4. The van der Waals surface area contributed by atoms with Crippen LogP contribution in [0.5, 0.6) is 17.2 Å². The van der Waals surface area contributed by atoms with Crippen LogP contribution in [-0.4, -0.2) is 30.2 Å². The number of esters is 1. The van der Waals surface area contributed by atoms with E-state index >= 15 is 0 Å². The quantitative estimate of drug-likeness (QED) is 0.580. The second-order valence-corrected chi connectivity index (χ2v) is 5.26. The molecule has 3 aromatic rings. The molecule has 3 rings (SSSR count). The third-order valence-corrected chi connectivity index (χ3v) is 3.60. The van der Waals surface area contributed by atoms with Gasteiger partial charge in [-0.15, -0.1) is 0 Å². The molecule has 128 valence electrons. The number of aromatic amines is 1. The predicted octanol–water partition coefficient (Wildman–Crippen LogP) is 2.53. The lowest BCUT2D eigenvalue weighted by Gasteiger charge is -2.10. The fourth-order valence-corrected chi connectivity index (χ4v) is 2.47. The van der Waals surface area contributed by atoms with Crippen molar-refractivity contribution in [1.29, 1.82) is 0 Å². The summed E-state index contributed by atoms with van der Waals surface area (Å²) in [6, 6.07) is 9.96. The molecule has 0 spiro atoms. The van der Waals surface area contributed by atoms with Crippen molar-refractivity contribution >= 4 is 16.9 Å². The van der Waals surface area contributed by atoms with Gasteiger partial charge in [0, 0.05) is 12.5 Å².